The van der Waals surface area contributed by atoms with Gasteiger partial charge in [-0.3, -0.25) is 4.90 Å². The van der Waals surface area contributed by atoms with Crippen molar-refractivity contribution in [3.8, 4) is 6.07 Å². The molecule has 4 rings (SSSR count). The Labute approximate surface area is 174 Å². The summed E-state index contributed by atoms with van der Waals surface area (Å²) in [5, 5.41) is 13.3. The summed E-state index contributed by atoms with van der Waals surface area (Å²) in [4.78, 5) is 7.33. The van der Waals surface area contributed by atoms with Gasteiger partial charge in [-0.1, -0.05) is 30.3 Å². The first-order chi connectivity index (χ1) is 14.2. The molecule has 5 nitrogen and oxygen atoms in total. The van der Waals surface area contributed by atoms with Gasteiger partial charge in [-0.05, 0) is 37.6 Å². The fourth-order valence-electron chi connectivity index (χ4n) is 4.56. The molecule has 5 heteroatoms. The molecule has 0 aromatic heterocycles. The summed E-state index contributed by atoms with van der Waals surface area (Å²) < 4.78 is 0. The van der Waals surface area contributed by atoms with Crippen LogP contribution in [0.1, 0.15) is 25.0 Å². The van der Waals surface area contributed by atoms with Crippen molar-refractivity contribution in [2.45, 2.75) is 32.5 Å². The van der Waals surface area contributed by atoms with Crippen molar-refractivity contribution < 1.29 is 0 Å². The molecule has 0 bridgehead atoms. The second-order valence-electron chi connectivity index (χ2n) is 8.31. The molecule has 0 radical (unpaired) electrons. The lowest BCUT2D eigenvalue weighted by Crippen LogP contribution is -2.51. The highest BCUT2D eigenvalue weighted by Crippen LogP contribution is 2.29. The number of benzene rings is 2. The van der Waals surface area contributed by atoms with Gasteiger partial charge in [0.25, 0.3) is 0 Å². The Hall–Kier alpha value is -2.55. The molecule has 1 N–H and O–H groups in total. The molecule has 0 unspecified atom stereocenters. The lowest BCUT2D eigenvalue weighted by molar-refractivity contribution is 0.181. The Morgan fingerprint density at radius 3 is 2.59 bits per heavy atom. The highest BCUT2D eigenvalue weighted by atomic mass is 15.3. The van der Waals surface area contributed by atoms with Gasteiger partial charge >= 0.3 is 0 Å². The highest BCUT2D eigenvalue weighted by molar-refractivity contribution is 5.66. The SMILES string of the molecule is C[C@@H]1CNCCN1c1ccc(N2CCN(Cc3ccccc3)[C@@H](C)C2)c(C#N)c1. The van der Waals surface area contributed by atoms with Crippen LogP contribution in [0, 0.1) is 11.3 Å². The summed E-state index contributed by atoms with van der Waals surface area (Å²) in [6, 6.07) is 20.5. The third-order valence-corrected chi connectivity index (χ3v) is 6.27. The minimum absolute atomic E-state index is 0.447. The number of hydrogen-bond donors (Lipinski definition) is 1. The van der Waals surface area contributed by atoms with Crippen LogP contribution in [0.2, 0.25) is 0 Å². The van der Waals surface area contributed by atoms with Crippen molar-refractivity contribution in [2.75, 3.05) is 49.1 Å². The average molecular weight is 390 g/mol. The van der Waals surface area contributed by atoms with Gasteiger partial charge in [0.15, 0.2) is 0 Å². The fourth-order valence-corrected chi connectivity index (χ4v) is 4.56. The predicted molar refractivity (Wildman–Crippen MR) is 119 cm³/mol. The van der Waals surface area contributed by atoms with E-state index < -0.39 is 0 Å². The largest absolute Gasteiger partial charge is 0.368 e. The van der Waals surface area contributed by atoms with Crippen molar-refractivity contribution in [3.63, 3.8) is 0 Å². The summed E-state index contributed by atoms with van der Waals surface area (Å²) >= 11 is 0. The maximum Gasteiger partial charge on any atom is 0.101 e. The monoisotopic (exact) mass is 389 g/mol. The van der Waals surface area contributed by atoms with Crippen LogP contribution >= 0.6 is 0 Å². The van der Waals surface area contributed by atoms with E-state index in [0.29, 0.717) is 12.1 Å². The Bertz CT molecular complexity index is 859. The number of piperazine rings is 2. The van der Waals surface area contributed by atoms with Crippen molar-refractivity contribution in [1.82, 2.24) is 10.2 Å². The van der Waals surface area contributed by atoms with E-state index in [0.717, 1.165) is 62.8 Å². The molecule has 2 aromatic carbocycles. The minimum Gasteiger partial charge on any atom is -0.368 e. The number of nitrogens with zero attached hydrogens (tertiary/aromatic N) is 4. The van der Waals surface area contributed by atoms with Crippen LogP contribution in [-0.4, -0.2) is 56.3 Å². The molecular formula is C24H31N5. The lowest BCUT2D eigenvalue weighted by atomic mass is 10.1. The van der Waals surface area contributed by atoms with E-state index in [-0.39, 0.29) is 0 Å². The number of anilines is 2. The molecule has 2 aromatic rings. The molecule has 29 heavy (non-hydrogen) atoms. The first kappa shape index (κ1) is 19.8. The van der Waals surface area contributed by atoms with Gasteiger partial charge in [0.2, 0.25) is 0 Å². The second kappa shape index (κ2) is 8.86. The molecule has 152 valence electrons. The summed E-state index contributed by atoms with van der Waals surface area (Å²) in [7, 11) is 0. The van der Waals surface area contributed by atoms with Crippen LogP contribution in [0.4, 0.5) is 11.4 Å². The normalized spacial score (nSPS) is 23.1. The molecule has 0 spiro atoms. The van der Waals surface area contributed by atoms with Crippen molar-refractivity contribution in [1.29, 1.82) is 5.26 Å². The zero-order chi connectivity index (χ0) is 20.2. The maximum atomic E-state index is 9.83. The Balaban J connectivity index is 1.47. The summed E-state index contributed by atoms with van der Waals surface area (Å²) in [5.41, 5.74) is 4.39. The molecule has 2 saturated heterocycles. The number of hydrogen-bond acceptors (Lipinski definition) is 5. The van der Waals surface area contributed by atoms with Crippen LogP contribution in [0.5, 0.6) is 0 Å². The summed E-state index contributed by atoms with van der Waals surface area (Å²) in [6.07, 6.45) is 0. The van der Waals surface area contributed by atoms with E-state index in [9.17, 15) is 5.26 Å². The standard InChI is InChI=1S/C24H31N5/c1-19-16-26-10-11-29(19)23-8-9-24(22(14-23)15-25)28-13-12-27(20(2)17-28)18-21-6-4-3-5-7-21/h3-9,14,19-20,26H,10-13,16-18H2,1-2H3/t19-,20+/m1/s1. The smallest absolute Gasteiger partial charge is 0.101 e. The van der Waals surface area contributed by atoms with E-state index in [1.807, 2.05) is 0 Å². The first-order valence-corrected chi connectivity index (χ1v) is 10.7. The quantitative estimate of drug-likeness (QED) is 0.871. The maximum absolute atomic E-state index is 9.83. The molecule has 0 amide bonds. The van der Waals surface area contributed by atoms with Gasteiger partial charge in [0.1, 0.15) is 6.07 Å². The molecule has 2 aliphatic rings. The second-order valence-corrected chi connectivity index (χ2v) is 8.31. The Morgan fingerprint density at radius 1 is 1.03 bits per heavy atom. The minimum atomic E-state index is 0.447. The van der Waals surface area contributed by atoms with Crippen molar-refractivity contribution in [2.24, 2.45) is 0 Å². The molecular weight excluding hydrogens is 358 g/mol. The predicted octanol–water partition coefficient (Wildman–Crippen LogP) is 3.07. The van der Waals surface area contributed by atoms with Crippen LogP contribution in [0.3, 0.4) is 0 Å². The van der Waals surface area contributed by atoms with Gasteiger partial charge in [0.05, 0.1) is 11.3 Å². The fraction of sp³-hybridized carbons (Fsp3) is 0.458. The number of rotatable bonds is 4. The van der Waals surface area contributed by atoms with Crippen LogP contribution in [-0.2, 0) is 6.54 Å². The van der Waals surface area contributed by atoms with Gasteiger partial charge in [-0.2, -0.15) is 5.26 Å². The van der Waals surface area contributed by atoms with E-state index in [1.54, 1.807) is 0 Å². The summed E-state index contributed by atoms with van der Waals surface area (Å²) in [5.74, 6) is 0. The van der Waals surface area contributed by atoms with E-state index in [2.05, 4.69) is 88.5 Å². The molecule has 2 aliphatic heterocycles. The zero-order valence-corrected chi connectivity index (χ0v) is 17.5. The molecule has 2 atom stereocenters. The molecule has 2 heterocycles. The first-order valence-electron chi connectivity index (χ1n) is 10.7. The van der Waals surface area contributed by atoms with E-state index in [4.69, 9.17) is 0 Å². The van der Waals surface area contributed by atoms with E-state index in [1.165, 1.54) is 5.56 Å². The Kier molecular flexibility index (Phi) is 6.03. The lowest BCUT2D eigenvalue weighted by Gasteiger charge is -2.41. The third kappa shape index (κ3) is 4.39. The summed E-state index contributed by atoms with van der Waals surface area (Å²) in [6.45, 7) is 11.4. The van der Waals surface area contributed by atoms with Crippen molar-refractivity contribution >= 4 is 11.4 Å². The topological polar surface area (TPSA) is 45.5 Å². The molecule has 0 saturated carbocycles. The molecule has 0 aliphatic carbocycles. The van der Waals surface area contributed by atoms with Crippen LogP contribution in [0.15, 0.2) is 48.5 Å². The average Bonchev–Trinajstić information content (AvgIpc) is 2.76. The zero-order valence-electron chi connectivity index (χ0n) is 17.5. The number of nitrogens with one attached hydrogen (secondary N) is 1. The van der Waals surface area contributed by atoms with Gasteiger partial charge in [-0.15, -0.1) is 0 Å². The Morgan fingerprint density at radius 2 is 1.86 bits per heavy atom. The highest BCUT2D eigenvalue weighted by Gasteiger charge is 2.26. The third-order valence-electron chi connectivity index (χ3n) is 6.27. The van der Waals surface area contributed by atoms with Gasteiger partial charge in [-0.25, -0.2) is 0 Å². The van der Waals surface area contributed by atoms with E-state index >= 15 is 0 Å². The molecule has 2 fully saturated rings. The van der Waals surface area contributed by atoms with Crippen LogP contribution < -0.4 is 15.1 Å². The van der Waals surface area contributed by atoms with Crippen molar-refractivity contribution in [3.05, 3.63) is 59.7 Å². The van der Waals surface area contributed by atoms with Gasteiger partial charge < -0.3 is 15.1 Å². The van der Waals surface area contributed by atoms with Gasteiger partial charge in [0, 0.05) is 63.6 Å². The number of nitriles is 1. The van der Waals surface area contributed by atoms with Crippen LogP contribution in [0.25, 0.3) is 0 Å².